The van der Waals surface area contributed by atoms with E-state index >= 15 is 0 Å². The van der Waals surface area contributed by atoms with Crippen molar-refractivity contribution in [1.29, 1.82) is 5.26 Å². The predicted octanol–water partition coefficient (Wildman–Crippen LogP) is 2.15. The van der Waals surface area contributed by atoms with Crippen LogP contribution in [0.2, 0.25) is 5.02 Å². The molecule has 0 fully saturated rings. The van der Waals surface area contributed by atoms with Gasteiger partial charge in [-0.15, -0.1) is 0 Å². The third-order valence-corrected chi connectivity index (χ3v) is 5.57. The topological polar surface area (TPSA) is 90.2 Å². The van der Waals surface area contributed by atoms with Crippen molar-refractivity contribution in [2.45, 2.75) is 23.5 Å². The van der Waals surface area contributed by atoms with E-state index in [1.165, 1.54) is 18.2 Å². The molecule has 7 heteroatoms. The van der Waals surface area contributed by atoms with Crippen LogP contribution >= 0.6 is 11.6 Å². The summed E-state index contributed by atoms with van der Waals surface area (Å²) < 4.78 is 27.7. The van der Waals surface area contributed by atoms with E-state index in [0.29, 0.717) is 6.42 Å². The summed E-state index contributed by atoms with van der Waals surface area (Å²) >= 11 is 5.80. The third kappa shape index (κ3) is 2.96. The lowest BCUT2D eigenvalue weighted by atomic mass is 10.1. The minimum absolute atomic E-state index is 0.0363. The molecule has 0 amide bonds. The van der Waals surface area contributed by atoms with Gasteiger partial charge in [0.25, 0.3) is 0 Å². The average molecular weight is 349 g/mol. The van der Waals surface area contributed by atoms with Crippen molar-refractivity contribution in [3.63, 3.8) is 0 Å². The van der Waals surface area contributed by atoms with E-state index in [0.717, 1.165) is 11.1 Å². The number of hydrogen-bond donors (Lipinski definition) is 2. The molecule has 0 spiro atoms. The lowest BCUT2D eigenvalue weighted by Crippen LogP contribution is -2.34. The van der Waals surface area contributed by atoms with Crippen LogP contribution in [0.1, 0.15) is 22.7 Å². The van der Waals surface area contributed by atoms with E-state index in [9.17, 15) is 13.5 Å². The zero-order valence-corrected chi connectivity index (χ0v) is 13.5. The fourth-order valence-electron chi connectivity index (χ4n) is 2.77. The van der Waals surface area contributed by atoms with E-state index in [1.54, 1.807) is 12.1 Å². The van der Waals surface area contributed by atoms with Gasteiger partial charge in [-0.1, -0.05) is 35.9 Å². The maximum Gasteiger partial charge on any atom is 0.242 e. The first-order valence-corrected chi connectivity index (χ1v) is 8.76. The Labute approximate surface area is 139 Å². The first-order chi connectivity index (χ1) is 10.9. The molecule has 2 N–H and O–H groups in total. The van der Waals surface area contributed by atoms with E-state index in [1.807, 2.05) is 18.2 Å². The van der Waals surface area contributed by atoms with Crippen molar-refractivity contribution in [3.05, 3.63) is 64.2 Å². The highest BCUT2D eigenvalue weighted by molar-refractivity contribution is 7.89. The molecule has 2 aromatic carbocycles. The molecule has 0 aromatic heterocycles. The largest absolute Gasteiger partial charge is 0.391 e. The zero-order valence-electron chi connectivity index (χ0n) is 11.9. The number of aliphatic hydroxyl groups excluding tert-OH is 1. The van der Waals surface area contributed by atoms with Gasteiger partial charge in [0.05, 0.1) is 22.6 Å². The summed E-state index contributed by atoms with van der Waals surface area (Å²) in [7, 11) is -3.97. The van der Waals surface area contributed by atoms with Gasteiger partial charge in [0, 0.05) is 11.4 Å². The van der Waals surface area contributed by atoms with Crippen molar-refractivity contribution in [3.8, 4) is 6.07 Å². The number of nitrogens with one attached hydrogen (secondary N) is 1. The van der Waals surface area contributed by atoms with Crippen molar-refractivity contribution in [2.75, 3.05) is 0 Å². The van der Waals surface area contributed by atoms with Gasteiger partial charge in [-0.05, 0) is 29.3 Å². The number of benzene rings is 2. The van der Waals surface area contributed by atoms with Crippen LogP contribution in [0.4, 0.5) is 0 Å². The number of aliphatic hydroxyl groups is 1. The fourth-order valence-corrected chi connectivity index (χ4v) is 4.33. The Bertz CT molecular complexity index is 906. The van der Waals surface area contributed by atoms with Gasteiger partial charge in [0.1, 0.15) is 6.07 Å². The Hall–Kier alpha value is -1.91. The molecule has 0 aliphatic heterocycles. The maximum absolute atomic E-state index is 12.6. The highest BCUT2D eigenvalue weighted by Gasteiger charge is 2.34. The normalized spacial score (nSPS) is 20.0. The Balaban J connectivity index is 1.98. The van der Waals surface area contributed by atoms with Crippen molar-refractivity contribution < 1.29 is 13.5 Å². The molecule has 23 heavy (non-hydrogen) atoms. The second-order valence-corrected chi connectivity index (χ2v) is 7.44. The monoisotopic (exact) mass is 348 g/mol. The van der Waals surface area contributed by atoms with Gasteiger partial charge in [-0.2, -0.15) is 5.26 Å². The van der Waals surface area contributed by atoms with Crippen LogP contribution in [0.15, 0.2) is 47.4 Å². The van der Waals surface area contributed by atoms with Gasteiger partial charge in [0.2, 0.25) is 10.0 Å². The summed E-state index contributed by atoms with van der Waals surface area (Å²) in [4.78, 5) is -0.152. The number of hydrogen-bond acceptors (Lipinski definition) is 4. The first-order valence-electron chi connectivity index (χ1n) is 6.90. The first kappa shape index (κ1) is 16.0. The van der Waals surface area contributed by atoms with E-state index in [-0.39, 0.29) is 15.5 Å². The fraction of sp³-hybridized carbons (Fsp3) is 0.188. The van der Waals surface area contributed by atoms with Crippen LogP contribution in [0.25, 0.3) is 0 Å². The summed E-state index contributed by atoms with van der Waals surface area (Å²) in [6.07, 6.45) is -0.463. The van der Waals surface area contributed by atoms with Gasteiger partial charge in [-0.25, -0.2) is 13.1 Å². The smallest absolute Gasteiger partial charge is 0.242 e. The molecule has 2 atom stereocenters. The molecule has 1 aliphatic rings. The number of rotatable bonds is 3. The number of fused-ring (bicyclic) bond motifs is 1. The molecule has 5 nitrogen and oxygen atoms in total. The molecule has 0 heterocycles. The van der Waals surface area contributed by atoms with Gasteiger partial charge in [0.15, 0.2) is 0 Å². The summed E-state index contributed by atoms with van der Waals surface area (Å²) in [5, 5.41) is 19.6. The molecule has 0 bridgehead atoms. The molecule has 3 rings (SSSR count). The van der Waals surface area contributed by atoms with Crippen LogP contribution in [-0.4, -0.2) is 19.6 Å². The van der Waals surface area contributed by atoms with Crippen LogP contribution in [0.3, 0.4) is 0 Å². The van der Waals surface area contributed by atoms with Crippen LogP contribution in [0.5, 0.6) is 0 Å². The number of nitrogens with zero attached hydrogens (tertiary/aromatic N) is 1. The summed E-state index contributed by atoms with van der Waals surface area (Å²) in [5.74, 6) is 0. The SMILES string of the molecule is N#Cc1cc(Cl)ccc1S(=O)(=O)N[C@H]1c2ccccc2C[C@H]1O. The van der Waals surface area contributed by atoms with E-state index in [4.69, 9.17) is 16.9 Å². The Morgan fingerprint density at radius 3 is 2.74 bits per heavy atom. The Morgan fingerprint density at radius 2 is 2.00 bits per heavy atom. The van der Waals surface area contributed by atoms with E-state index < -0.39 is 22.2 Å². The van der Waals surface area contributed by atoms with Crippen LogP contribution in [-0.2, 0) is 16.4 Å². The van der Waals surface area contributed by atoms with Crippen LogP contribution < -0.4 is 4.72 Å². The number of sulfonamides is 1. The molecule has 0 unspecified atom stereocenters. The van der Waals surface area contributed by atoms with Crippen LogP contribution in [0, 0.1) is 11.3 Å². The molecule has 1 aliphatic carbocycles. The van der Waals surface area contributed by atoms with E-state index in [2.05, 4.69) is 4.72 Å². The lowest BCUT2D eigenvalue weighted by molar-refractivity contribution is 0.151. The van der Waals surface area contributed by atoms with Gasteiger partial charge < -0.3 is 5.11 Å². The summed E-state index contributed by atoms with van der Waals surface area (Å²) in [6, 6.07) is 12.4. The molecular weight excluding hydrogens is 336 g/mol. The lowest BCUT2D eigenvalue weighted by Gasteiger charge is -2.18. The van der Waals surface area contributed by atoms with Crippen molar-refractivity contribution >= 4 is 21.6 Å². The molecule has 118 valence electrons. The van der Waals surface area contributed by atoms with Crippen molar-refractivity contribution in [1.82, 2.24) is 4.72 Å². The Kier molecular flexibility index (Phi) is 4.13. The second-order valence-electron chi connectivity index (χ2n) is 5.32. The third-order valence-electron chi connectivity index (χ3n) is 3.84. The standard InChI is InChI=1S/C16H13ClN2O3S/c17-12-5-6-15(11(7-12)9-18)23(21,22)19-16-13-4-2-1-3-10(13)8-14(16)20/h1-7,14,16,19-20H,8H2/t14-,16+/m1/s1. The minimum Gasteiger partial charge on any atom is -0.391 e. The Morgan fingerprint density at radius 1 is 1.26 bits per heavy atom. The predicted molar refractivity (Wildman–Crippen MR) is 85.4 cm³/mol. The molecule has 2 aromatic rings. The molecular formula is C16H13ClN2O3S. The number of nitriles is 1. The zero-order chi connectivity index (χ0) is 16.6. The van der Waals surface area contributed by atoms with Gasteiger partial charge >= 0.3 is 0 Å². The minimum atomic E-state index is -3.97. The quantitative estimate of drug-likeness (QED) is 0.889. The maximum atomic E-state index is 12.6. The highest BCUT2D eigenvalue weighted by Crippen LogP contribution is 2.33. The summed E-state index contributed by atoms with van der Waals surface area (Å²) in [6.45, 7) is 0. The molecule has 0 radical (unpaired) electrons. The molecule has 0 saturated heterocycles. The van der Waals surface area contributed by atoms with Crippen molar-refractivity contribution in [2.24, 2.45) is 0 Å². The van der Waals surface area contributed by atoms with Gasteiger partial charge in [-0.3, -0.25) is 0 Å². The second kappa shape index (κ2) is 5.95. The number of halogens is 1. The molecule has 0 saturated carbocycles. The highest BCUT2D eigenvalue weighted by atomic mass is 35.5. The average Bonchev–Trinajstić information content (AvgIpc) is 2.82. The summed E-state index contributed by atoms with van der Waals surface area (Å²) in [5.41, 5.74) is 1.62.